The van der Waals surface area contributed by atoms with Gasteiger partial charge in [0.15, 0.2) is 10.8 Å². The van der Waals surface area contributed by atoms with E-state index in [9.17, 15) is 23.5 Å². The number of rotatable bonds is 7. The van der Waals surface area contributed by atoms with Gasteiger partial charge in [0.1, 0.15) is 17.5 Å². The number of amides is 1. The number of hydrogen-bond acceptors (Lipinski definition) is 7. The van der Waals surface area contributed by atoms with E-state index in [1.54, 1.807) is 18.2 Å². The van der Waals surface area contributed by atoms with Crippen LogP contribution in [0, 0.1) is 11.6 Å². The second-order valence-electron chi connectivity index (χ2n) is 10.6. The molecule has 3 aromatic heterocycles. The maximum absolute atomic E-state index is 14.2. The van der Waals surface area contributed by atoms with E-state index in [2.05, 4.69) is 20.4 Å². The maximum Gasteiger partial charge on any atom is 0.355 e. The Bertz CT molecular complexity index is 2060. The van der Waals surface area contributed by atoms with Gasteiger partial charge in [0, 0.05) is 41.5 Å². The minimum absolute atomic E-state index is 0.141. The summed E-state index contributed by atoms with van der Waals surface area (Å²) in [6.07, 6.45) is 3.61. The van der Waals surface area contributed by atoms with Crippen molar-refractivity contribution in [1.82, 2.24) is 19.7 Å². The molecule has 2 N–H and O–H groups in total. The van der Waals surface area contributed by atoms with E-state index in [1.807, 2.05) is 41.3 Å². The third-order valence-corrected chi connectivity index (χ3v) is 8.72. The first-order chi connectivity index (χ1) is 21.8. The van der Waals surface area contributed by atoms with Gasteiger partial charge in [-0.1, -0.05) is 41.7 Å². The molecule has 7 rings (SSSR count). The molecule has 12 heteroatoms. The number of anilines is 2. The lowest BCUT2D eigenvalue weighted by atomic mass is 9.94. The van der Waals surface area contributed by atoms with Gasteiger partial charge in [-0.25, -0.2) is 23.5 Å². The molecule has 0 radical (unpaired) electrons. The average Bonchev–Trinajstić information content (AvgIpc) is 3.68. The van der Waals surface area contributed by atoms with Gasteiger partial charge >= 0.3 is 5.97 Å². The highest BCUT2D eigenvalue weighted by Gasteiger charge is 2.25. The Kier molecular flexibility index (Phi) is 7.26. The van der Waals surface area contributed by atoms with Gasteiger partial charge in [-0.15, -0.1) is 0 Å². The van der Waals surface area contributed by atoms with Crippen molar-refractivity contribution < 1.29 is 23.5 Å². The number of pyridine rings is 1. The van der Waals surface area contributed by atoms with Gasteiger partial charge in [-0.05, 0) is 60.0 Å². The first-order valence-electron chi connectivity index (χ1n) is 14.1. The Labute approximate surface area is 259 Å². The van der Waals surface area contributed by atoms with Crippen LogP contribution in [0.2, 0.25) is 0 Å². The molecular weight excluding hydrogens is 598 g/mol. The van der Waals surface area contributed by atoms with Crippen LogP contribution >= 0.6 is 11.3 Å². The van der Waals surface area contributed by atoms with Crippen molar-refractivity contribution in [2.75, 3.05) is 16.8 Å². The van der Waals surface area contributed by atoms with Crippen molar-refractivity contribution >= 4 is 44.4 Å². The van der Waals surface area contributed by atoms with Crippen molar-refractivity contribution in [3.8, 4) is 11.1 Å². The molecule has 0 aliphatic carbocycles. The lowest BCUT2D eigenvalue weighted by molar-refractivity contribution is 0.0691. The molecule has 0 saturated heterocycles. The van der Waals surface area contributed by atoms with Crippen molar-refractivity contribution in [1.29, 1.82) is 0 Å². The number of carboxylic acid groups (broad SMARTS) is 1. The highest BCUT2D eigenvalue weighted by Crippen LogP contribution is 2.31. The van der Waals surface area contributed by atoms with Crippen LogP contribution in [-0.2, 0) is 19.5 Å². The molecule has 6 aromatic rings. The summed E-state index contributed by atoms with van der Waals surface area (Å²) in [7, 11) is 0. The second-order valence-corrected chi connectivity index (χ2v) is 11.6. The Morgan fingerprint density at radius 2 is 1.76 bits per heavy atom. The topological polar surface area (TPSA) is 113 Å². The molecule has 0 fully saturated rings. The van der Waals surface area contributed by atoms with Crippen molar-refractivity contribution in [2.45, 2.75) is 19.5 Å². The predicted molar refractivity (Wildman–Crippen MR) is 167 cm³/mol. The van der Waals surface area contributed by atoms with Gasteiger partial charge in [-0.3, -0.25) is 14.8 Å². The molecule has 0 saturated carbocycles. The number of para-hydroxylation sites is 1. The van der Waals surface area contributed by atoms with Crippen LogP contribution in [0.1, 0.15) is 37.5 Å². The molecule has 1 amide bonds. The van der Waals surface area contributed by atoms with Crippen LogP contribution in [0.3, 0.4) is 0 Å². The van der Waals surface area contributed by atoms with Gasteiger partial charge in [0.25, 0.3) is 5.91 Å². The minimum Gasteiger partial charge on any atom is -0.476 e. The lowest BCUT2D eigenvalue weighted by Crippen LogP contribution is -2.33. The highest BCUT2D eigenvalue weighted by molar-refractivity contribution is 7.22. The van der Waals surface area contributed by atoms with Gasteiger partial charge in [0.05, 0.1) is 23.0 Å². The number of carbonyl (C=O) groups excluding carboxylic acids is 1. The van der Waals surface area contributed by atoms with Crippen LogP contribution in [0.15, 0.2) is 85.2 Å². The van der Waals surface area contributed by atoms with Crippen molar-refractivity contribution in [3.63, 3.8) is 0 Å². The zero-order valence-electron chi connectivity index (χ0n) is 23.6. The molecule has 1 aliphatic rings. The number of aromatic nitrogens is 4. The molecule has 0 atom stereocenters. The summed E-state index contributed by atoms with van der Waals surface area (Å²) < 4.78 is 30.6. The number of nitrogens with one attached hydrogen (secondary N) is 1. The highest BCUT2D eigenvalue weighted by atomic mass is 32.1. The summed E-state index contributed by atoms with van der Waals surface area (Å²) in [5, 5.41) is 17.7. The fourth-order valence-corrected chi connectivity index (χ4v) is 6.40. The molecule has 0 spiro atoms. The molecule has 0 bridgehead atoms. The molecule has 9 nitrogen and oxygen atoms in total. The normalized spacial score (nSPS) is 12.7. The number of nitrogens with zero attached hydrogens (tertiary/aromatic N) is 5. The van der Waals surface area contributed by atoms with Crippen LogP contribution < -0.4 is 10.2 Å². The minimum atomic E-state index is -1.23. The Hall–Kier alpha value is -5.49. The summed E-state index contributed by atoms with van der Waals surface area (Å²) in [6.45, 7) is 0.776. The molecule has 3 aromatic carbocycles. The summed E-state index contributed by atoms with van der Waals surface area (Å²) >= 11 is 1.40. The molecule has 1 aliphatic heterocycles. The van der Waals surface area contributed by atoms with Crippen LogP contribution in [-0.4, -0.2) is 43.3 Å². The van der Waals surface area contributed by atoms with E-state index in [1.165, 1.54) is 46.6 Å². The van der Waals surface area contributed by atoms with Crippen LogP contribution in [0.25, 0.3) is 21.3 Å². The SMILES string of the molecule is O=C(Nc1nc2ccccc2s1)c1cccc2c1CN(c1ccc(-c3cnn(Cc4c(F)cccc4F)c3)c(C(=O)O)n1)CC2. The van der Waals surface area contributed by atoms with Crippen molar-refractivity contribution in [2.24, 2.45) is 0 Å². The largest absolute Gasteiger partial charge is 0.476 e. The van der Waals surface area contributed by atoms with Crippen LogP contribution in [0.5, 0.6) is 0 Å². The Morgan fingerprint density at radius 3 is 2.56 bits per heavy atom. The van der Waals surface area contributed by atoms with Crippen molar-refractivity contribution in [3.05, 3.63) is 125 Å². The summed E-state index contributed by atoms with van der Waals surface area (Å²) in [4.78, 5) is 36.7. The predicted octanol–water partition coefficient (Wildman–Crippen LogP) is 6.39. The number of benzene rings is 3. The van der Waals surface area contributed by atoms with Gasteiger partial charge < -0.3 is 10.0 Å². The third kappa shape index (κ3) is 5.51. The summed E-state index contributed by atoms with van der Waals surface area (Å²) in [6, 6.07) is 20.3. The van der Waals surface area contributed by atoms with E-state index in [4.69, 9.17) is 0 Å². The van der Waals surface area contributed by atoms with Crippen LogP contribution in [0.4, 0.5) is 19.7 Å². The molecule has 224 valence electrons. The number of aromatic carboxylic acids is 1. The summed E-state index contributed by atoms with van der Waals surface area (Å²) in [5.41, 5.74) is 3.65. The van der Waals surface area contributed by atoms with E-state index in [0.29, 0.717) is 47.2 Å². The number of thiazole rings is 1. The lowest BCUT2D eigenvalue weighted by Gasteiger charge is -2.31. The third-order valence-electron chi connectivity index (χ3n) is 7.77. The smallest absolute Gasteiger partial charge is 0.355 e. The number of halogens is 2. The first-order valence-corrected chi connectivity index (χ1v) is 14.9. The fraction of sp³-hybridized carbons (Fsp3) is 0.121. The Morgan fingerprint density at radius 1 is 0.956 bits per heavy atom. The number of hydrogen-bond donors (Lipinski definition) is 2. The maximum atomic E-state index is 14.2. The van der Waals surface area contributed by atoms with E-state index in [0.717, 1.165) is 21.3 Å². The zero-order chi connectivity index (χ0) is 31.1. The second kappa shape index (κ2) is 11.5. The average molecular weight is 623 g/mol. The Balaban J connectivity index is 1.14. The summed E-state index contributed by atoms with van der Waals surface area (Å²) in [5.74, 6) is -2.43. The molecule has 45 heavy (non-hydrogen) atoms. The number of carbonyl (C=O) groups is 2. The number of carboxylic acids is 1. The van der Waals surface area contributed by atoms with Gasteiger partial charge in [0.2, 0.25) is 0 Å². The molecule has 0 unspecified atom stereocenters. The van der Waals surface area contributed by atoms with E-state index in [-0.39, 0.29) is 23.7 Å². The standard InChI is InChI=1S/C33H24F2N6O3S/c34-25-7-4-8-26(35)24(25)18-41-16-20(15-36-41)21-11-12-29(38-30(21)32(43)44)40-14-13-19-5-3-6-22(23(19)17-40)31(42)39-33-37-27-9-1-2-10-28(27)45-33/h1-12,15-16H,13-14,17-18H2,(H,43,44)(H,37,39,42). The van der Waals surface area contributed by atoms with Gasteiger partial charge in [-0.2, -0.15) is 5.10 Å². The first kappa shape index (κ1) is 28.3. The zero-order valence-corrected chi connectivity index (χ0v) is 24.4. The number of fused-ring (bicyclic) bond motifs is 2. The quantitative estimate of drug-likeness (QED) is 0.212. The van der Waals surface area contributed by atoms with E-state index >= 15 is 0 Å². The fourth-order valence-electron chi connectivity index (χ4n) is 5.53. The van der Waals surface area contributed by atoms with E-state index < -0.39 is 17.6 Å². The monoisotopic (exact) mass is 622 g/mol. The molecule has 4 heterocycles. The molecular formula is C33H24F2N6O3S.